The molecule has 0 radical (unpaired) electrons. The number of benzene rings is 1. The highest BCUT2D eigenvalue weighted by Gasteiger charge is 2.07. The number of amides is 1. The lowest BCUT2D eigenvalue weighted by Crippen LogP contribution is -2.18. The van der Waals surface area contributed by atoms with E-state index in [9.17, 15) is 4.79 Å². The van der Waals surface area contributed by atoms with Crippen LogP contribution in [0.5, 0.6) is 0 Å². The second kappa shape index (κ2) is 4.49. The Morgan fingerprint density at radius 3 is 3.00 bits per heavy atom. The van der Waals surface area contributed by atoms with Crippen molar-refractivity contribution in [1.82, 2.24) is 9.55 Å². The van der Waals surface area contributed by atoms with Gasteiger partial charge in [-0.3, -0.25) is 4.79 Å². The molecular weight excluding hydrogens is 270 g/mol. The minimum Gasteiger partial charge on any atom is -0.368 e. The third-order valence-electron chi connectivity index (χ3n) is 2.12. The largest absolute Gasteiger partial charge is 0.368 e. The Morgan fingerprint density at radius 2 is 2.31 bits per heavy atom. The third-order valence-corrected chi connectivity index (χ3v) is 2.62. The molecule has 0 atom stereocenters. The zero-order chi connectivity index (χ0) is 11.5. The van der Waals surface area contributed by atoms with Crippen molar-refractivity contribution in [3.63, 3.8) is 0 Å². The molecule has 4 nitrogen and oxygen atoms in total. The highest BCUT2D eigenvalue weighted by Crippen LogP contribution is 2.21. The molecule has 1 aromatic carbocycles. The summed E-state index contributed by atoms with van der Waals surface area (Å²) in [5.41, 5.74) is 6.11. The lowest BCUT2D eigenvalue weighted by Gasteiger charge is -2.05. The third kappa shape index (κ3) is 2.30. The van der Waals surface area contributed by atoms with Gasteiger partial charge in [-0.1, -0.05) is 28.1 Å². The Labute approximate surface area is 101 Å². The topological polar surface area (TPSA) is 60.9 Å². The van der Waals surface area contributed by atoms with Gasteiger partial charge in [0, 0.05) is 22.4 Å². The van der Waals surface area contributed by atoms with Gasteiger partial charge in [-0.05, 0) is 12.1 Å². The van der Waals surface area contributed by atoms with Crippen LogP contribution in [0.4, 0.5) is 0 Å². The van der Waals surface area contributed by atoms with Gasteiger partial charge in [0.15, 0.2) is 0 Å². The number of hydrogen-bond acceptors (Lipinski definition) is 2. The standard InChI is InChI=1S/C11H10BrN3O/c12-9-3-1-2-8(6-9)11-14-4-5-15(11)7-10(13)16/h1-6H,7H2,(H2,13,16). The monoisotopic (exact) mass is 279 g/mol. The molecule has 2 aromatic rings. The van der Waals surface area contributed by atoms with Crippen LogP contribution in [0, 0.1) is 0 Å². The van der Waals surface area contributed by atoms with Gasteiger partial charge >= 0.3 is 0 Å². The van der Waals surface area contributed by atoms with Crippen LogP contribution in [-0.4, -0.2) is 15.5 Å². The number of nitrogens with two attached hydrogens (primary N) is 1. The molecule has 0 unspecified atom stereocenters. The molecule has 0 bridgehead atoms. The van der Waals surface area contributed by atoms with Crippen molar-refractivity contribution in [2.24, 2.45) is 5.73 Å². The highest BCUT2D eigenvalue weighted by atomic mass is 79.9. The first kappa shape index (κ1) is 10.9. The summed E-state index contributed by atoms with van der Waals surface area (Å²) >= 11 is 3.39. The first-order valence-electron chi connectivity index (χ1n) is 4.72. The second-order valence-electron chi connectivity index (χ2n) is 3.36. The molecule has 0 saturated carbocycles. The summed E-state index contributed by atoms with van der Waals surface area (Å²) in [6.45, 7) is 0.141. The number of rotatable bonds is 3. The fourth-order valence-electron chi connectivity index (χ4n) is 1.49. The number of aromatic nitrogens is 2. The van der Waals surface area contributed by atoms with Crippen LogP contribution in [0.15, 0.2) is 41.1 Å². The average molecular weight is 280 g/mol. The number of carbonyl (C=O) groups is 1. The van der Waals surface area contributed by atoms with E-state index in [1.165, 1.54) is 0 Å². The normalized spacial score (nSPS) is 10.3. The minimum absolute atomic E-state index is 0.141. The van der Waals surface area contributed by atoms with Crippen molar-refractivity contribution in [1.29, 1.82) is 0 Å². The van der Waals surface area contributed by atoms with Gasteiger partial charge in [0.2, 0.25) is 5.91 Å². The Kier molecular flexibility index (Phi) is 3.05. The molecular formula is C11H10BrN3O. The second-order valence-corrected chi connectivity index (χ2v) is 4.27. The van der Waals surface area contributed by atoms with Crippen molar-refractivity contribution in [2.75, 3.05) is 0 Å². The molecule has 2 rings (SSSR count). The van der Waals surface area contributed by atoms with Crippen LogP contribution in [0.2, 0.25) is 0 Å². The van der Waals surface area contributed by atoms with E-state index in [-0.39, 0.29) is 12.5 Å². The summed E-state index contributed by atoms with van der Waals surface area (Å²) in [5, 5.41) is 0. The van der Waals surface area contributed by atoms with Gasteiger partial charge in [-0.2, -0.15) is 0 Å². The van der Waals surface area contributed by atoms with E-state index in [4.69, 9.17) is 5.73 Å². The Balaban J connectivity index is 2.40. The maximum absolute atomic E-state index is 10.9. The van der Waals surface area contributed by atoms with Gasteiger partial charge < -0.3 is 10.3 Å². The summed E-state index contributed by atoms with van der Waals surface area (Å²) in [5.74, 6) is 0.356. The van der Waals surface area contributed by atoms with E-state index < -0.39 is 0 Å². The zero-order valence-corrected chi connectivity index (χ0v) is 10.0. The molecule has 1 heterocycles. The molecule has 1 amide bonds. The van der Waals surface area contributed by atoms with Crippen LogP contribution >= 0.6 is 15.9 Å². The number of imidazole rings is 1. The average Bonchev–Trinajstić information content (AvgIpc) is 2.65. The zero-order valence-electron chi connectivity index (χ0n) is 8.43. The van der Waals surface area contributed by atoms with Gasteiger partial charge in [0.25, 0.3) is 0 Å². The van der Waals surface area contributed by atoms with Crippen LogP contribution in [-0.2, 0) is 11.3 Å². The molecule has 0 aliphatic heterocycles. The number of carbonyl (C=O) groups excluding carboxylic acids is 1. The van der Waals surface area contributed by atoms with Crippen molar-refractivity contribution < 1.29 is 4.79 Å². The summed E-state index contributed by atoms with van der Waals surface area (Å²) < 4.78 is 2.70. The van der Waals surface area contributed by atoms with E-state index in [1.807, 2.05) is 24.3 Å². The number of primary amides is 1. The molecule has 0 spiro atoms. The molecule has 0 fully saturated rings. The molecule has 0 aliphatic carbocycles. The fraction of sp³-hybridized carbons (Fsp3) is 0.0909. The van der Waals surface area contributed by atoms with Crippen molar-refractivity contribution in [3.05, 3.63) is 41.1 Å². The summed E-state index contributed by atoms with van der Waals surface area (Å²) in [7, 11) is 0. The van der Waals surface area contributed by atoms with Gasteiger partial charge in [-0.15, -0.1) is 0 Å². The Bertz CT molecular complexity index is 521. The summed E-state index contributed by atoms with van der Waals surface area (Å²) in [6.07, 6.45) is 3.39. The summed E-state index contributed by atoms with van der Waals surface area (Å²) in [6, 6.07) is 7.73. The van der Waals surface area contributed by atoms with E-state index in [2.05, 4.69) is 20.9 Å². The molecule has 5 heteroatoms. The van der Waals surface area contributed by atoms with Crippen LogP contribution in [0.1, 0.15) is 0 Å². The molecule has 82 valence electrons. The smallest absolute Gasteiger partial charge is 0.237 e. The van der Waals surface area contributed by atoms with Crippen molar-refractivity contribution in [3.8, 4) is 11.4 Å². The number of nitrogens with zero attached hydrogens (tertiary/aromatic N) is 2. The molecule has 2 N–H and O–H groups in total. The van der Waals surface area contributed by atoms with E-state index in [1.54, 1.807) is 17.0 Å². The van der Waals surface area contributed by atoms with E-state index in [0.717, 1.165) is 15.9 Å². The number of hydrogen-bond donors (Lipinski definition) is 1. The van der Waals surface area contributed by atoms with Crippen LogP contribution in [0.3, 0.4) is 0 Å². The van der Waals surface area contributed by atoms with Gasteiger partial charge in [-0.25, -0.2) is 4.98 Å². The SMILES string of the molecule is NC(=O)Cn1ccnc1-c1cccc(Br)c1. The van der Waals surface area contributed by atoms with Gasteiger partial charge in [0.05, 0.1) is 0 Å². The van der Waals surface area contributed by atoms with Crippen molar-refractivity contribution in [2.45, 2.75) is 6.54 Å². The molecule has 16 heavy (non-hydrogen) atoms. The molecule has 1 aromatic heterocycles. The maximum atomic E-state index is 10.9. The van der Waals surface area contributed by atoms with E-state index >= 15 is 0 Å². The van der Waals surface area contributed by atoms with E-state index in [0.29, 0.717) is 0 Å². The van der Waals surface area contributed by atoms with Crippen molar-refractivity contribution >= 4 is 21.8 Å². The molecule has 0 aliphatic rings. The first-order chi connectivity index (χ1) is 7.66. The van der Waals surface area contributed by atoms with Gasteiger partial charge in [0.1, 0.15) is 12.4 Å². The summed E-state index contributed by atoms with van der Waals surface area (Å²) in [4.78, 5) is 15.1. The predicted molar refractivity (Wildman–Crippen MR) is 64.6 cm³/mol. The predicted octanol–water partition coefficient (Wildman–Crippen LogP) is 1.80. The minimum atomic E-state index is -0.380. The Morgan fingerprint density at radius 1 is 1.50 bits per heavy atom. The number of halogens is 1. The highest BCUT2D eigenvalue weighted by molar-refractivity contribution is 9.10. The maximum Gasteiger partial charge on any atom is 0.237 e. The van der Waals surface area contributed by atoms with Crippen LogP contribution in [0.25, 0.3) is 11.4 Å². The lowest BCUT2D eigenvalue weighted by molar-refractivity contribution is -0.118. The Hall–Kier alpha value is -1.62. The first-order valence-corrected chi connectivity index (χ1v) is 5.51. The van der Waals surface area contributed by atoms with Crippen LogP contribution < -0.4 is 5.73 Å². The molecule has 0 saturated heterocycles. The quantitative estimate of drug-likeness (QED) is 0.931. The lowest BCUT2D eigenvalue weighted by atomic mass is 10.2. The fourth-order valence-corrected chi connectivity index (χ4v) is 1.89.